The van der Waals surface area contributed by atoms with Gasteiger partial charge in [-0.1, -0.05) is 36.4 Å². The maximum absolute atomic E-state index is 10.6. The number of carboxylic acid groups (broad SMARTS) is 1. The number of aryl methyl sites for hydroxylation is 1. The van der Waals surface area contributed by atoms with Gasteiger partial charge in [-0.15, -0.1) is 0 Å². The Kier molecular flexibility index (Phi) is 3.42. The van der Waals surface area contributed by atoms with E-state index in [1.54, 1.807) is 0 Å². The van der Waals surface area contributed by atoms with Gasteiger partial charge in [0, 0.05) is 0 Å². The third kappa shape index (κ3) is 2.67. The van der Waals surface area contributed by atoms with Gasteiger partial charge < -0.3 is 9.84 Å². The number of hydrogen-bond acceptors (Lipinski definition) is 2. The van der Waals surface area contributed by atoms with Crippen LogP contribution >= 0.6 is 0 Å². The number of fused-ring (bicyclic) bond motifs is 1. The highest BCUT2D eigenvalue weighted by molar-refractivity contribution is 5.70. The number of hydrogen-bond donors (Lipinski definition) is 1. The van der Waals surface area contributed by atoms with Gasteiger partial charge in [0.1, 0.15) is 11.9 Å². The van der Waals surface area contributed by atoms with E-state index in [-0.39, 0.29) is 12.5 Å². The minimum absolute atomic E-state index is 0.0482. The van der Waals surface area contributed by atoms with E-state index in [2.05, 4.69) is 18.2 Å². The average molecular weight is 268 g/mol. The third-order valence-electron chi connectivity index (χ3n) is 3.63. The molecule has 0 amide bonds. The topological polar surface area (TPSA) is 46.5 Å². The summed E-state index contributed by atoms with van der Waals surface area (Å²) in [6.07, 6.45) is 2.21. The van der Waals surface area contributed by atoms with Crippen LogP contribution < -0.4 is 4.74 Å². The van der Waals surface area contributed by atoms with Gasteiger partial charge in [-0.3, -0.25) is 4.79 Å². The summed E-state index contributed by atoms with van der Waals surface area (Å²) in [6.45, 7) is 0. The van der Waals surface area contributed by atoms with Crippen molar-refractivity contribution in [3.63, 3.8) is 0 Å². The summed E-state index contributed by atoms with van der Waals surface area (Å²) in [5.74, 6) is -0.0239. The summed E-state index contributed by atoms with van der Waals surface area (Å²) in [5, 5.41) is 8.74. The zero-order valence-electron chi connectivity index (χ0n) is 11.1. The Morgan fingerprint density at radius 1 is 1.15 bits per heavy atom. The quantitative estimate of drug-likeness (QED) is 0.924. The van der Waals surface area contributed by atoms with Crippen LogP contribution in [0.1, 0.15) is 29.2 Å². The van der Waals surface area contributed by atoms with Gasteiger partial charge in [0.15, 0.2) is 0 Å². The number of carboxylic acids is 1. The molecule has 2 aromatic rings. The monoisotopic (exact) mass is 268 g/mol. The Balaban J connectivity index is 1.71. The number of benzene rings is 2. The molecule has 20 heavy (non-hydrogen) atoms. The largest absolute Gasteiger partial charge is 0.486 e. The standard InChI is InChI=1S/C17H16O3/c18-17(19)11-12-5-8-14(9-6-12)20-16-10-7-13-3-1-2-4-15(13)16/h1-6,8-9,16H,7,10-11H2,(H,18,19). The van der Waals surface area contributed by atoms with E-state index in [1.165, 1.54) is 11.1 Å². The molecule has 1 aliphatic rings. The molecule has 0 bridgehead atoms. The third-order valence-corrected chi connectivity index (χ3v) is 3.63. The van der Waals surface area contributed by atoms with Crippen LogP contribution in [0.15, 0.2) is 48.5 Å². The van der Waals surface area contributed by atoms with Gasteiger partial charge in [0.05, 0.1) is 6.42 Å². The van der Waals surface area contributed by atoms with Crippen LogP contribution in [0.2, 0.25) is 0 Å². The van der Waals surface area contributed by atoms with Gasteiger partial charge in [0.25, 0.3) is 0 Å². The normalized spacial score (nSPS) is 16.7. The first-order valence-corrected chi connectivity index (χ1v) is 6.77. The fraction of sp³-hybridized carbons (Fsp3) is 0.235. The molecule has 0 spiro atoms. The first-order valence-electron chi connectivity index (χ1n) is 6.77. The average Bonchev–Trinajstić information content (AvgIpc) is 2.84. The highest BCUT2D eigenvalue weighted by Crippen LogP contribution is 2.34. The second kappa shape index (κ2) is 5.37. The van der Waals surface area contributed by atoms with Crippen molar-refractivity contribution in [2.75, 3.05) is 0 Å². The lowest BCUT2D eigenvalue weighted by atomic mass is 10.1. The molecule has 0 fully saturated rings. The number of carbonyl (C=O) groups is 1. The maximum Gasteiger partial charge on any atom is 0.307 e. The van der Waals surface area contributed by atoms with Crippen LogP contribution in [0.5, 0.6) is 5.75 Å². The molecular formula is C17H16O3. The van der Waals surface area contributed by atoms with Gasteiger partial charge >= 0.3 is 5.97 Å². The molecule has 102 valence electrons. The molecule has 0 aromatic heterocycles. The molecular weight excluding hydrogens is 252 g/mol. The van der Waals surface area contributed by atoms with E-state index < -0.39 is 5.97 Å². The van der Waals surface area contributed by atoms with Crippen molar-refractivity contribution in [3.05, 3.63) is 65.2 Å². The lowest BCUT2D eigenvalue weighted by Gasteiger charge is -2.15. The number of ether oxygens (including phenoxy) is 1. The lowest BCUT2D eigenvalue weighted by Crippen LogP contribution is -2.04. The Morgan fingerprint density at radius 2 is 1.90 bits per heavy atom. The van der Waals surface area contributed by atoms with Gasteiger partial charge in [0.2, 0.25) is 0 Å². The molecule has 1 N–H and O–H groups in total. The zero-order chi connectivity index (χ0) is 13.9. The SMILES string of the molecule is O=C(O)Cc1ccc(OC2CCc3ccccc32)cc1. The number of aliphatic carboxylic acids is 1. The summed E-state index contributed by atoms with van der Waals surface area (Å²) < 4.78 is 6.01. The number of rotatable bonds is 4. The molecule has 0 saturated heterocycles. The smallest absolute Gasteiger partial charge is 0.307 e. The highest BCUT2D eigenvalue weighted by Gasteiger charge is 2.23. The minimum Gasteiger partial charge on any atom is -0.486 e. The predicted octanol–water partition coefficient (Wildman–Crippen LogP) is 3.38. The summed E-state index contributed by atoms with van der Waals surface area (Å²) in [7, 11) is 0. The fourth-order valence-electron chi connectivity index (χ4n) is 2.67. The summed E-state index contributed by atoms with van der Waals surface area (Å²) in [4.78, 5) is 10.6. The maximum atomic E-state index is 10.6. The van der Waals surface area contributed by atoms with E-state index in [4.69, 9.17) is 9.84 Å². The van der Waals surface area contributed by atoms with Crippen molar-refractivity contribution in [2.24, 2.45) is 0 Å². The molecule has 1 aliphatic carbocycles. The Bertz CT molecular complexity index is 616. The van der Waals surface area contributed by atoms with Gasteiger partial charge in [-0.25, -0.2) is 0 Å². The molecule has 3 rings (SSSR count). The molecule has 1 atom stereocenters. The minimum atomic E-state index is -0.816. The fourth-order valence-corrected chi connectivity index (χ4v) is 2.67. The van der Waals surface area contributed by atoms with E-state index in [9.17, 15) is 4.79 Å². The second-order valence-corrected chi connectivity index (χ2v) is 5.06. The van der Waals surface area contributed by atoms with E-state index in [1.807, 2.05) is 30.3 Å². The van der Waals surface area contributed by atoms with Crippen molar-refractivity contribution in [1.29, 1.82) is 0 Å². The summed E-state index contributed by atoms with van der Waals surface area (Å²) >= 11 is 0. The Labute approximate surface area is 117 Å². The summed E-state index contributed by atoms with van der Waals surface area (Å²) in [6, 6.07) is 15.7. The van der Waals surface area contributed by atoms with Crippen molar-refractivity contribution < 1.29 is 14.6 Å². The molecule has 0 heterocycles. The zero-order valence-corrected chi connectivity index (χ0v) is 11.1. The van der Waals surface area contributed by atoms with Gasteiger partial charge in [-0.2, -0.15) is 0 Å². The van der Waals surface area contributed by atoms with Crippen LogP contribution in [-0.4, -0.2) is 11.1 Å². The molecule has 3 nitrogen and oxygen atoms in total. The predicted molar refractivity (Wildman–Crippen MR) is 75.9 cm³/mol. The van der Waals surface area contributed by atoms with Crippen LogP contribution in [0.4, 0.5) is 0 Å². The van der Waals surface area contributed by atoms with Gasteiger partial charge in [-0.05, 0) is 41.7 Å². The molecule has 3 heteroatoms. The van der Waals surface area contributed by atoms with Crippen LogP contribution in [0.3, 0.4) is 0 Å². The van der Waals surface area contributed by atoms with E-state index in [0.717, 1.165) is 24.2 Å². The second-order valence-electron chi connectivity index (χ2n) is 5.06. The molecule has 1 unspecified atom stereocenters. The van der Waals surface area contributed by atoms with Crippen LogP contribution in [-0.2, 0) is 17.6 Å². The van der Waals surface area contributed by atoms with Crippen LogP contribution in [0, 0.1) is 0 Å². The van der Waals surface area contributed by atoms with E-state index >= 15 is 0 Å². The van der Waals surface area contributed by atoms with Crippen LogP contribution in [0.25, 0.3) is 0 Å². The molecule has 0 radical (unpaired) electrons. The Morgan fingerprint density at radius 3 is 2.65 bits per heavy atom. The molecule has 0 saturated carbocycles. The van der Waals surface area contributed by atoms with Crippen molar-refractivity contribution in [3.8, 4) is 5.75 Å². The van der Waals surface area contributed by atoms with Crippen molar-refractivity contribution >= 4 is 5.97 Å². The first-order chi connectivity index (χ1) is 9.72. The lowest BCUT2D eigenvalue weighted by molar-refractivity contribution is -0.136. The first kappa shape index (κ1) is 12.7. The Hall–Kier alpha value is -2.29. The highest BCUT2D eigenvalue weighted by atomic mass is 16.5. The molecule has 0 aliphatic heterocycles. The van der Waals surface area contributed by atoms with Crippen molar-refractivity contribution in [1.82, 2.24) is 0 Å². The summed E-state index contributed by atoms with van der Waals surface area (Å²) in [5.41, 5.74) is 3.42. The van der Waals surface area contributed by atoms with Crippen molar-refractivity contribution in [2.45, 2.75) is 25.4 Å². The van der Waals surface area contributed by atoms with E-state index in [0.29, 0.717) is 0 Å². The molecule has 2 aromatic carbocycles.